The minimum Gasteiger partial charge on any atom is -0.355 e. The van der Waals surface area contributed by atoms with Crippen molar-refractivity contribution in [3.05, 3.63) is 76.4 Å². The number of benzene rings is 2. The number of carbonyl (C=O) groups excluding carboxylic acids is 2. The molecule has 1 heterocycles. The first-order valence-corrected chi connectivity index (χ1v) is 9.23. The van der Waals surface area contributed by atoms with Crippen molar-refractivity contribution < 1.29 is 14.0 Å². The van der Waals surface area contributed by atoms with E-state index in [9.17, 15) is 14.0 Å². The summed E-state index contributed by atoms with van der Waals surface area (Å²) in [5.41, 5.74) is 5.13. The fourth-order valence-corrected chi connectivity index (χ4v) is 3.21. The van der Waals surface area contributed by atoms with Crippen molar-refractivity contribution in [3.8, 4) is 5.69 Å². The van der Waals surface area contributed by atoms with Crippen LogP contribution < -0.4 is 10.6 Å². The summed E-state index contributed by atoms with van der Waals surface area (Å²) < 4.78 is 14.9. The van der Waals surface area contributed by atoms with Crippen LogP contribution in [0.25, 0.3) is 5.69 Å². The second-order valence-electron chi connectivity index (χ2n) is 6.87. The molecule has 0 radical (unpaired) electrons. The number of nitrogens with zero attached hydrogens (tertiary/aromatic N) is 2. The molecule has 7 heteroatoms. The largest absolute Gasteiger partial charge is 0.355 e. The van der Waals surface area contributed by atoms with E-state index < -0.39 is 0 Å². The van der Waals surface area contributed by atoms with Crippen molar-refractivity contribution in [3.63, 3.8) is 0 Å². The first-order chi connectivity index (χ1) is 13.8. The zero-order chi connectivity index (χ0) is 21.1. The highest BCUT2D eigenvalue weighted by Crippen LogP contribution is 2.21. The van der Waals surface area contributed by atoms with Crippen molar-refractivity contribution in [1.82, 2.24) is 15.1 Å². The number of anilines is 1. The Kier molecular flexibility index (Phi) is 5.77. The predicted molar refractivity (Wildman–Crippen MR) is 110 cm³/mol. The number of aryl methyl sites for hydroxylation is 2. The van der Waals surface area contributed by atoms with Gasteiger partial charge in [0.25, 0.3) is 5.91 Å². The van der Waals surface area contributed by atoms with Crippen LogP contribution in [0.4, 0.5) is 10.1 Å². The van der Waals surface area contributed by atoms with Crippen LogP contribution in [0.2, 0.25) is 0 Å². The van der Waals surface area contributed by atoms with E-state index >= 15 is 0 Å². The number of carbonyl (C=O) groups is 2. The van der Waals surface area contributed by atoms with Crippen molar-refractivity contribution in [2.45, 2.75) is 27.2 Å². The lowest BCUT2D eigenvalue weighted by atomic mass is 10.1. The van der Waals surface area contributed by atoms with Gasteiger partial charge in [-0.05, 0) is 68.8 Å². The number of aromatic nitrogens is 2. The SMILES string of the molecule is CNC(=O)c1ccc(NC(=O)Cc2c(C)nn(-c3ccc(F)cc3)c2C)c(C)c1. The molecule has 0 bridgehead atoms. The van der Waals surface area contributed by atoms with Gasteiger partial charge < -0.3 is 10.6 Å². The lowest BCUT2D eigenvalue weighted by Crippen LogP contribution is -2.19. The smallest absolute Gasteiger partial charge is 0.251 e. The van der Waals surface area contributed by atoms with Crippen LogP contribution in [0.15, 0.2) is 42.5 Å². The van der Waals surface area contributed by atoms with Crippen LogP contribution in [-0.4, -0.2) is 28.6 Å². The first kappa shape index (κ1) is 20.3. The summed E-state index contributed by atoms with van der Waals surface area (Å²) in [6.45, 7) is 5.57. The molecule has 0 aliphatic carbocycles. The minimum absolute atomic E-state index is 0.162. The molecule has 2 N–H and O–H groups in total. The molecular formula is C22H23FN4O2. The Labute approximate surface area is 168 Å². The van der Waals surface area contributed by atoms with Crippen LogP contribution in [0.1, 0.15) is 32.9 Å². The second-order valence-corrected chi connectivity index (χ2v) is 6.87. The molecule has 0 spiro atoms. The molecule has 3 rings (SSSR count). The van der Waals surface area contributed by atoms with Crippen molar-refractivity contribution in [1.29, 1.82) is 0 Å². The van der Waals surface area contributed by atoms with Gasteiger partial charge in [0, 0.05) is 29.6 Å². The lowest BCUT2D eigenvalue weighted by Gasteiger charge is -2.10. The fraction of sp³-hybridized carbons (Fsp3) is 0.227. The molecule has 150 valence electrons. The fourth-order valence-electron chi connectivity index (χ4n) is 3.21. The summed E-state index contributed by atoms with van der Waals surface area (Å²) in [5, 5.41) is 9.97. The van der Waals surface area contributed by atoms with E-state index in [1.807, 2.05) is 20.8 Å². The predicted octanol–water partition coefficient (Wildman–Crippen LogP) is 3.48. The van der Waals surface area contributed by atoms with E-state index in [2.05, 4.69) is 15.7 Å². The average Bonchev–Trinajstić information content (AvgIpc) is 2.97. The van der Waals surface area contributed by atoms with E-state index in [-0.39, 0.29) is 24.1 Å². The molecular weight excluding hydrogens is 371 g/mol. The molecule has 0 atom stereocenters. The van der Waals surface area contributed by atoms with Gasteiger partial charge in [-0.3, -0.25) is 9.59 Å². The molecule has 1 aromatic heterocycles. The highest BCUT2D eigenvalue weighted by molar-refractivity contribution is 5.97. The number of amides is 2. The van der Waals surface area contributed by atoms with Gasteiger partial charge in [0.15, 0.2) is 0 Å². The summed E-state index contributed by atoms with van der Waals surface area (Å²) in [4.78, 5) is 24.4. The maximum absolute atomic E-state index is 13.2. The van der Waals surface area contributed by atoms with Crippen LogP contribution in [0.3, 0.4) is 0 Å². The molecule has 0 aliphatic rings. The third kappa shape index (κ3) is 4.34. The summed E-state index contributed by atoms with van der Waals surface area (Å²) in [6.07, 6.45) is 0.162. The number of nitrogens with one attached hydrogen (secondary N) is 2. The molecule has 29 heavy (non-hydrogen) atoms. The third-order valence-electron chi connectivity index (χ3n) is 4.84. The lowest BCUT2D eigenvalue weighted by molar-refractivity contribution is -0.115. The van der Waals surface area contributed by atoms with Crippen molar-refractivity contribution >= 4 is 17.5 Å². The molecule has 3 aromatic rings. The topological polar surface area (TPSA) is 76.0 Å². The van der Waals surface area contributed by atoms with Crippen LogP contribution in [-0.2, 0) is 11.2 Å². The molecule has 0 saturated heterocycles. The maximum atomic E-state index is 13.2. The van der Waals surface area contributed by atoms with Gasteiger partial charge in [0.2, 0.25) is 5.91 Å². The molecule has 0 saturated carbocycles. The van der Waals surface area contributed by atoms with E-state index in [1.165, 1.54) is 12.1 Å². The highest BCUT2D eigenvalue weighted by atomic mass is 19.1. The van der Waals surface area contributed by atoms with Gasteiger partial charge in [-0.2, -0.15) is 5.10 Å². The Balaban J connectivity index is 1.78. The molecule has 6 nitrogen and oxygen atoms in total. The zero-order valence-corrected chi connectivity index (χ0v) is 16.8. The normalized spacial score (nSPS) is 10.7. The van der Waals surface area contributed by atoms with E-state index in [1.54, 1.807) is 42.1 Å². The van der Waals surface area contributed by atoms with Gasteiger partial charge in [-0.25, -0.2) is 9.07 Å². The molecule has 0 aliphatic heterocycles. The number of rotatable bonds is 5. The zero-order valence-electron chi connectivity index (χ0n) is 16.8. The number of hydrogen-bond acceptors (Lipinski definition) is 3. The van der Waals surface area contributed by atoms with Gasteiger partial charge in [0.1, 0.15) is 5.82 Å². The minimum atomic E-state index is -0.312. The van der Waals surface area contributed by atoms with E-state index in [0.717, 1.165) is 28.2 Å². The van der Waals surface area contributed by atoms with Gasteiger partial charge in [-0.15, -0.1) is 0 Å². The second kappa shape index (κ2) is 8.26. The Bertz CT molecular complexity index is 1070. The van der Waals surface area contributed by atoms with E-state index in [4.69, 9.17) is 0 Å². The standard InChI is InChI=1S/C22H23FN4O2/c1-13-11-16(22(29)24-4)5-10-20(13)25-21(28)12-19-14(2)26-27(15(19)3)18-8-6-17(23)7-9-18/h5-11H,12H2,1-4H3,(H,24,29)(H,25,28). The van der Waals surface area contributed by atoms with Gasteiger partial charge in [-0.1, -0.05) is 0 Å². The van der Waals surface area contributed by atoms with Crippen LogP contribution >= 0.6 is 0 Å². The Morgan fingerprint density at radius 1 is 1.07 bits per heavy atom. The van der Waals surface area contributed by atoms with Crippen molar-refractivity contribution in [2.75, 3.05) is 12.4 Å². The third-order valence-corrected chi connectivity index (χ3v) is 4.84. The summed E-state index contributed by atoms with van der Waals surface area (Å²) in [5.74, 6) is -0.663. The van der Waals surface area contributed by atoms with Crippen molar-refractivity contribution in [2.24, 2.45) is 0 Å². The number of halogens is 1. The quantitative estimate of drug-likeness (QED) is 0.696. The maximum Gasteiger partial charge on any atom is 0.251 e. The molecule has 0 fully saturated rings. The van der Waals surface area contributed by atoms with Crippen LogP contribution in [0.5, 0.6) is 0 Å². The average molecular weight is 394 g/mol. The first-order valence-electron chi connectivity index (χ1n) is 9.23. The molecule has 2 amide bonds. The van der Waals surface area contributed by atoms with Gasteiger partial charge >= 0.3 is 0 Å². The summed E-state index contributed by atoms with van der Waals surface area (Å²) >= 11 is 0. The molecule has 2 aromatic carbocycles. The Morgan fingerprint density at radius 3 is 2.38 bits per heavy atom. The summed E-state index contributed by atoms with van der Waals surface area (Å²) in [7, 11) is 1.57. The molecule has 0 unspecified atom stereocenters. The number of hydrogen-bond donors (Lipinski definition) is 2. The summed E-state index contributed by atoms with van der Waals surface area (Å²) in [6, 6.07) is 11.2. The van der Waals surface area contributed by atoms with Crippen LogP contribution in [0, 0.1) is 26.6 Å². The van der Waals surface area contributed by atoms with E-state index in [0.29, 0.717) is 11.3 Å². The Morgan fingerprint density at radius 2 is 1.76 bits per heavy atom. The van der Waals surface area contributed by atoms with Gasteiger partial charge in [0.05, 0.1) is 17.8 Å². The highest BCUT2D eigenvalue weighted by Gasteiger charge is 2.17. The monoisotopic (exact) mass is 394 g/mol. The Hall–Kier alpha value is -3.48.